The predicted molar refractivity (Wildman–Crippen MR) is 73.2 cm³/mol. The van der Waals surface area contributed by atoms with E-state index in [2.05, 4.69) is 12.2 Å². The molecule has 4 nitrogen and oxygen atoms in total. The van der Waals surface area contributed by atoms with Crippen LogP contribution in [-0.4, -0.2) is 31.7 Å². The normalized spacial score (nSPS) is 25.7. The van der Waals surface area contributed by atoms with E-state index in [0.29, 0.717) is 25.5 Å². The summed E-state index contributed by atoms with van der Waals surface area (Å²) in [6, 6.07) is 0. The SMILES string of the molecule is CCOC(CN)CC(=O)NCC1CCCCC1C. The quantitative estimate of drug-likeness (QED) is 0.728. The van der Waals surface area contributed by atoms with Crippen molar-refractivity contribution >= 4 is 5.91 Å². The summed E-state index contributed by atoms with van der Waals surface area (Å²) in [4.78, 5) is 11.8. The van der Waals surface area contributed by atoms with Crippen LogP contribution in [0.1, 0.15) is 46.0 Å². The molecule has 1 fully saturated rings. The van der Waals surface area contributed by atoms with Crippen LogP contribution in [0.2, 0.25) is 0 Å². The van der Waals surface area contributed by atoms with Crippen molar-refractivity contribution in [2.75, 3.05) is 19.7 Å². The molecule has 0 bridgehead atoms. The van der Waals surface area contributed by atoms with E-state index < -0.39 is 0 Å². The molecule has 0 aromatic heterocycles. The Morgan fingerprint density at radius 1 is 1.44 bits per heavy atom. The summed E-state index contributed by atoms with van der Waals surface area (Å²) in [6.45, 7) is 6.03. The summed E-state index contributed by atoms with van der Waals surface area (Å²) in [5, 5.41) is 3.03. The van der Waals surface area contributed by atoms with Crippen molar-refractivity contribution in [3.8, 4) is 0 Å². The number of carbonyl (C=O) groups excluding carboxylic acids is 1. The molecular weight excluding hydrogens is 228 g/mol. The van der Waals surface area contributed by atoms with Gasteiger partial charge in [-0.25, -0.2) is 0 Å². The van der Waals surface area contributed by atoms with Crippen molar-refractivity contribution in [2.24, 2.45) is 17.6 Å². The number of hydrogen-bond acceptors (Lipinski definition) is 3. The summed E-state index contributed by atoms with van der Waals surface area (Å²) in [6.07, 6.45) is 5.42. The van der Waals surface area contributed by atoms with Crippen molar-refractivity contribution < 1.29 is 9.53 Å². The molecule has 3 atom stereocenters. The highest BCUT2D eigenvalue weighted by Crippen LogP contribution is 2.28. The molecule has 0 aromatic carbocycles. The summed E-state index contributed by atoms with van der Waals surface area (Å²) in [7, 11) is 0. The number of amides is 1. The average Bonchev–Trinajstić information content (AvgIpc) is 2.37. The van der Waals surface area contributed by atoms with Gasteiger partial charge in [-0.1, -0.05) is 26.2 Å². The summed E-state index contributed by atoms with van der Waals surface area (Å²) < 4.78 is 5.39. The van der Waals surface area contributed by atoms with Crippen LogP contribution >= 0.6 is 0 Å². The minimum atomic E-state index is -0.140. The van der Waals surface area contributed by atoms with Crippen molar-refractivity contribution in [3.63, 3.8) is 0 Å². The fourth-order valence-corrected chi connectivity index (χ4v) is 2.67. The van der Waals surface area contributed by atoms with Crippen molar-refractivity contribution in [3.05, 3.63) is 0 Å². The molecule has 4 heteroatoms. The van der Waals surface area contributed by atoms with Crippen molar-refractivity contribution in [1.29, 1.82) is 0 Å². The van der Waals surface area contributed by atoms with Crippen LogP contribution in [0.25, 0.3) is 0 Å². The molecule has 1 aliphatic carbocycles. The summed E-state index contributed by atoms with van der Waals surface area (Å²) in [5.74, 6) is 1.44. The zero-order chi connectivity index (χ0) is 13.4. The molecule has 1 saturated carbocycles. The second-order valence-corrected chi connectivity index (χ2v) is 5.34. The maximum atomic E-state index is 11.8. The Kier molecular flexibility index (Phi) is 7.28. The minimum Gasteiger partial charge on any atom is -0.377 e. The van der Waals surface area contributed by atoms with E-state index in [-0.39, 0.29) is 12.0 Å². The first-order valence-corrected chi connectivity index (χ1v) is 7.25. The number of carbonyl (C=O) groups is 1. The van der Waals surface area contributed by atoms with E-state index >= 15 is 0 Å². The third kappa shape index (κ3) is 5.36. The van der Waals surface area contributed by atoms with E-state index in [1.54, 1.807) is 0 Å². The summed E-state index contributed by atoms with van der Waals surface area (Å²) >= 11 is 0. The van der Waals surface area contributed by atoms with Crippen LogP contribution < -0.4 is 11.1 Å². The van der Waals surface area contributed by atoms with Crippen LogP contribution in [0.5, 0.6) is 0 Å². The number of hydrogen-bond donors (Lipinski definition) is 2. The molecule has 18 heavy (non-hydrogen) atoms. The Morgan fingerprint density at radius 2 is 2.17 bits per heavy atom. The van der Waals surface area contributed by atoms with E-state index in [1.165, 1.54) is 25.7 Å². The Hall–Kier alpha value is -0.610. The van der Waals surface area contributed by atoms with E-state index in [1.807, 2.05) is 6.92 Å². The van der Waals surface area contributed by atoms with Crippen LogP contribution in [0.4, 0.5) is 0 Å². The molecule has 0 aromatic rings. The molecule has 0 heterocycles. The fourth-order valence-electron chi connectivity index (χ4n) is 2.67. The first-order valence-electron chi connectivity index (χ1n) is 7.25. The third-order valence-corrected chi connectivity index (χ3v) is 3.93. The molecule has 1 aliphatic rings. The lowest BCUT2D eigenvalue weighted by Crippen LogP contribution is -2.37. The average molecular weight is 256 g/mol. The van der Waals surface area contributed by atoms with E-state index in [0.717, 1.165) is 12.5 Å². The van der Waals surface area contributed by atoms with Gasteiger partial charge in [-0.3, -0.25) is 4.79 Å². The first-order chi connectivity index (χ1) is 8.67. The van der Waals surface area contributed by atoms with Gasteiger partial charge in [0, 0.05) is 19.7 Å². The number of rotatable bonds is 7. The maximum Gasteiger partial charge on any atom is 0.222 e. The minimum absolute atomic E-state index is 0.0664. The zero-order valence-electron chi connectivity index (χ0n) is 11.8. The van der Waals surface area contributed by atoms with Gasteiger partial charge in [0.15, 0.2) is 0 Å². The van der Waals surface area contributed by atoms with Gasteiger partial charge in [-0.15, -0.1) is 0 Å². The molecule has 3 unspecified atom stereocenters. The lowest BCUT2D eigenvalue weighted by Gasteiger charge is -2.29. The molecule has 0 spiro atoms. The second-order valence-electron chi connectivity index (χ2n) is 5.34. The van der Waals surface area contributed by atoms with Crippen molar-refractivity contribution in [1.82, 2.24) is 5.32 Å². The Morgan fingerprint density at radius 3 is 2.78 bits per heavy atom. The number of nitrogens with two attached hydrogens (primary N) is 1. The molecule has 1 rings (SSSR count). The monoisotopic (exact) mass is 256 g/mol. The first kappa shape index (κ1) is 15.4. The van der Waals surface area contributed by atoms with Gasteiger partial charge in [0.05, 0.1) is 12.5 Å². The second kappa shape index (κ2) is 8.48. The smallest absolute Gasteiger partial charge is 0.222 e. The standard InChI is InChI=1S/C14H28N2O2/c1-3-18-13(9-15)8-14(17)16-10-12-7-5-4-6-11(12)2/h11-13H,3-10,15H2,1-2H3,(H,16,17). The van der Waals surface area contributed by atoms with Crippen LogP contribution in [-0.2, 0) is 9.53 Å². The molecular formula is C14H28N2O2. The van der Waals surface area contributed by atoms with Gasteiger partial charge >= 0.3 is 0 Å². The summed E-state index contributed by atoms with van der Waals surface area (Å²) in [5.41, 5.74) is 5.56. The highest BCUT2D eigenvalue weighted by molar-refractivity contribution is 5.76. The topological polar surface area (TPSA) is 64.3 Å². The Balaban J connectivity index is 2.23. The lowest BCUT2D eigenvalue weighted by atomic mass is 9.80. The van der Waals surface area contributed by atoms with Gasteiger partial charge in [0.25, 0.3) is 0 Å². The van der Waals surface area contributed by atoms with E-state index in [4.69, 9.17) is 10.5 Å². The highest BCUT2D eigenvalue weighted by Gasteiger charge is 2.22. The maximum absolute atomic E-state index is 11.8. The van der Waals surface area contributed by atoms with Gasteiger partial charge in [0.2, 0.25) is 5.91 Å². The van der Waals surface area contributed by atoms with Gasteiger partial charge in [0.1, 0.15) is 0 Å². The zero-order valence-corrected chi connectivity index (χ0v) is 11.8. The largest absolute Gasteiger partial charge is 0.377 e. The van der Waals surface area contributed by atoms with E-state index in [9.17, 15) is 4.79 Å². The number of ether oxygens (including phenoxy) is 1. The van der Waals surface area contributed by atoms with Crippen LogP contribution in [0, 0.1) is 11.8 Å². The van der Waals surface area contributed by atoms with Gasteiger partial charge < -0.3 is 15.8 Å². The number of nitrogens with one attached hydrogen (secondary N) is 1. The third-order valence-electron chi connectivity index (χ3n) is 3.93. The fraction of sp³-hybridized carbons (Fsp3) is 0.929. The van der Waals surface area contributed by atoms with Crippen molar-refractivity contribution in [2.45, 2.75) is 52.1 Å². The Bertz CT molecular complexity index is 246. The molecule has 0 aliphatic heterocycles. The van der Waals surface area contributed by atoms with Crippen LogP contribution in [0.15, 0.2) is 0 Å². The Labute approximate surface area is 111 Å². The molecule has 1 amide bonds. The highest BCUT2D eigenvalue weighted by atomic mass is 16.5. The molecule has 3 N–H and O–H groups in total. The predicted octanol–water partition coefficient (Wildman–Crippen LogP) is 1.68. The lowest BCUT2D eigenvalue weighted by molar-refractivity contribution is -0.124. The van der Waals surface area contributed by atoms with Gasteiger partial charge in [-0.2, -0.15) is 0 Å². The molecule has 0 radical (unpaired) electrons. The molecule has 0 saturated heterocycles. The van der Waals surface area contributed by atoms with Crippen LogP contribution in [0.3, 0.4) is 0 Å². The molecule has 106 valence electrons. The van der Waals surface area contributed by atoms with Gasteiger partial charge in [-0.05, 0) is 25.2 Å².